The van der Waals surface area contributed by atoms with Crippen LogP contribution >= 0.6 is 7.60 Å². The second kappa shape index (κ2) is 12.5. The number of aryl methyl sites for hydroxylation is 2. The minimum Gasteiger partial charge on any atom is -0.486 e. The lowest BCUT2D eigenvalue weighted by atomic mass is 9.87. The molecule has 0 saturated heterocycles. The van der Waals surface area contributed by atoms with E-state index in [4.69, 9.17) is 18.5 Å². The number of benzene rings is 3. The zero-order valence-electron chi connectivity index (χ0n) is 23.0. The maximum absolute atomic E-state index is 15.5. The number of halogens is 1. The van der Waals surface area contributed by atoms with Crippen LogP contribution < -0.4 is 9.47 Å². The molecule has 0 amide bonds. The maximum atomic E-state index is 15.5. The van der Waals surface area contributed by atoms with Crippen molar-refractivity contribution in [3.8, 4) is 11.5 Å². The Morgan fingerprint density at radius 2 is 1.71 bits per heavy atom. The molecule has 204 valence electrons. The largest absolute Gasteiger partial charge is 0.486 e. The third-order valence-electron chi connectivity index (χ3n) is 6.88. The molecule has 0 aromatic heterocycles. The molecule has 1 unspecified atom stereocenters. The standard InChI is InChI=1S/C31H38FO5P/c1-6-36-38(33,37-7-2)20-35-26-15-22(5)30-24(16-26)13-14-27(30)25-17-28(21(3)4)31(29(32)18-25)34-19-23-11-9-8-10-12-23/h8-12,15-18,21,27H,6-7,13-14,19-20H2,1-5H3. The van der Waals surface area contributed by atoms with Crippen LogP contribution in [0.15, 0.2) is 54.6 Å². The Hall–Kier alpha value is -2.66. The smallest absolute Gasteiger partial charge is 0.367 e. The van der Waals surface area contributed by atoms with Gasteiger partial charge in [-0.15, -0.1) is 0 Å². The molecule has 0 fully saturated rings. The summed E-state index contributed by atoms with van der Waals surface area (Å²) in [4.78, 5) is 0. The number of rotatable bonds is 12. The number of ether oxygens (including phenoxy) is 2. The molecule has 5 nitrogen and oxygen atoms in total. The van der Waals surface area contributed by atoms with Crippen LogP contribution in [0.3, 0.4) is 0 Å². The van der Waals surface area contributed by atoms with Gasteiger partial charge >= 0.3 is 7.60 Å². The molecule has 0 aliphatic heterocycles. The lowest BCUT2D eigenvalue weighted by molar-refractivity contribution is 0.197. The van der Waals surface area contributed by atoms with Gasteiger partial charge in [-0.25, -0.2) is 4.39 Å². The van der Waals surface area contributed by atoms with E-state index in [0.29, 0.717) is 18.1 Å². The normalized spacial score (nSPS) is 15.1. The number of hydrogen-bond donors (Lipinski definition) is 0. The SMILES string of the molecule is CCOP(=O)(COc1cc(C)c2c(c1)CCC2c1cc(F)c(OCc2ccccc2)c(C(C)C)c1)OCC. The predicted molar refractivity (Wildman–Crippen MR) is 149 cm³/mol. The van der Waals surface area contributed by atoms with E-state index >= 15 is 4.39 Å². The van der Waals surface area contributed by atoms with Gasteiger partial charge < -0.3 is 18.5 Å². The molecule has 4 rings (SSSR count). The van der Waals surface area contributed by atoms with Crippen molar-refractivity contribution in [2.75, 3.05) is 19.6 Å². The van der Waals surface area contributed by atoms with Crippen LogP contribution in [0, 0.1) is 12.7 Å². The van der Waals surface area contributed by atoms with Crippen molar-refractivity contribution in [2.45, 2.75) is 65.9 Å². The molecule has 1 atom stereocenters. The van der Waals surface area contributed by atoms with Crippen molar-refractivity contribution in [1.29, 1.82) is 0 Å². The molecule has 3 aromatic carbocycles. The first kappa shape index (κ1) is 28.4. The van der Waals surface area contributed by atoms with Crippen molar-refractivity contribution in [3.63, 3.8) is 0 Å². The number of hydrogen-bond acceptors (Lipinski definition) is 5. The zero-order valence-corrected chi connectivity index (χ0v) is 23.9. The fourth-order valence-electron chi connectivity index (χ4n) is 5.21. The van der Waals surface area contributed by atoms with E-state index in [1.165, 1.54) is 11.1 Å². The van der Waals surface area contributed by atoms with Gasteiger partial charge in [0.25, 0.3) is 0 Å². The monoisotopic (exact) mass is 540 g/mol. The van der Waals surface area contributed by atoms with Crippen LogP contribution in [-0.4, -0.2) is 19.6 Å². The van der Waals surface area contributed by atoms with Gasteiger partial charge in [-0.3, -0.25) is 4.57 Å². The average Bonchev–Trinajstić information content (AvgIpc) is 3.32. The van der Waals surface area contributed by atoms with Crippen LogP contribution in [0.2, 0.25) is 0 Å². The van der Waals surface area contributed by atoms with Crippen LogP contribution in [0.5, 0.6) is 11.5 Å². The molecule has 3 aromatic rings. The summed E-state index contributed by atoms with van der Waals surface area (Å²) in [5, 5.41) is 0. The molecule has 1 aliphatic rings. The van der Waals surface area contributed by atoms with Crippen molar-refractivity contribution >= 4 is 7.60 Å². The third-order valence-corrected chi connectivity index (χ3v) is 8.63. The van der Waals surface area contributed by atoms with E-state index in [0.717, 1.165) is 35.1 Å². The molecule has 0 saturated carbocycles. The molecular formula is C31H38FO5P. The molecule has 0 bridgehead atoms. The van der Waals surface area contributed by atoms with E-state index in [1.807, 2.05) is 49.4 Å². The summed E-state index contributed by atoms with van der Waals surface area (Å²) in [6, 6.07) is 17.5. The molecule has 0 radical (unpaired) electrons. The minimum atomic E-state index is -3.31. The van der Waals surface area contributed by atoms with Gasteiger partial charge in [-0.1, -0.05) is 50.2 Å². The summed E-state index contributed by atoms with van der Waals surface area (Å²) >= 11 is 0. The Kier molecular flexibility index (Phi) is 9.30. The first-order chi connectivity index (χ1) is 18.2. The van der Waals surface area contributed by atoms with Crippen LogP contribution in [0.1, 0.15) is 79.3 Å². The second-order valence-corrected chi connectivity index (χ2v) is 12.0. The van der Waals surface area contributed by atoms with E-state index in [1.54, 1.807) is 19.9 Å². The molecule has 0 N–H and O–H groups in total. The van der Waals surface area contributed by atoms with Crippen molar-refractivity contribution in [2.24, 2.45) is 0 Å². The number of fused-ring (bicyclic) bond motifs is 1. The quantitative estimate of drug-likeness (QED) is 0.216. The minimum absolute atomic E-state index is 0.0900. The van der Waals surface area contributed by atoms with Crippen LogP contribution in [0.4, 0.5) is 4.39 Å². The van der Waals surface area contributed by atoms with Gasteiger partial charge in [0.05, 0.1) is 13.2 Å². The summed E-state index contributed by atoms with van der Waals surface area (Å²) < 4.78 is 50.9. The highest BCUT2D eigenvalue weighted by Crippen LogP contribution is 2.49. The summed E-state index contributed by atoms with van der Waals surface area (Å²) in [6.07, 6.45) is 1.61. The molecule has 0 heterocycles. The topological polar surface area (TPSA) is 54.0 Å². The Labute approximate surface area is 225 Å². The van der Waals surface area contributed by atoms with Crippen LogP contribution in [-0.2, 0) is 26.6 Å². The average molecular weight is 541 g/mol. The van der Waals surface area contributed by atoms with Gasteiger partial charge in [0, 0.05) is 11.5 Å². The summed E-state index contributed by atoms with van der Waals surface area (Å²) in [6.45, 7) is 10.6. The van der Waals surface area contributed by atoms with E-state index in [-0.39, 0.29) is 37.2 Å². The Balaban J connectivity index is 1.57. The summed E-state index contributed by atoms with van der Waals surface area (Å²) in [7, 11) is -3.31. The van der Waals surface area contributed by atoms with E-state index < -0.39 is 7.60 Å². The summed E-state index contributed by atoms with van der Waals surface area (Å²) in [5.74, 6) is 0.849. The van der Waals surface area contributed by atoms with Crippen molar-refractivity contribution in [3.05, 3.63) is 93.8 Å². The summed E-state index contributed by atoms with van der Waals surface area (Å²) in [5.41, 5.74) is 6.29. The highest BCUT2D eigenvalue weighted by molar-refractivity contribution is 7.53. The predicted octanol–water partition coefficient (Wildman–Crippen LogP) is 8.52. The van der Waals surface area contributed by atoms with Crippen LogP contribution in [0.25, 0.3) is 0 Å². The van der Waals surface area contributed by atoms with Gasteiger partial charge in [-0.2, -0.15) is 0 Å². The molecule has 1 aliphatic carbocycles. The lowest BCUT2D eigenvalue weighted by Gasteiger charge is -2.21. The van der Waals surface area contributed by atoms with E-state index in [2.05, 4.69) is 19.9 Å². The Morgan fingerprint density at radius 1 is 1.00 bits per heavy atom. The highest BCUT2D eigenvalue weighted by atomic mass is 31.2. The lowest BCUT2D eigenvalue weighted by Crippen LogP contribution is -2.07. The molecular weight excluding hydrogens is 502 g/mol. The second-order valence-electron chi connectivity index (χ2n) is 9.97. The molecule has 7 heteroatoms. The Morgan fingerprint density at radius 3 is 2.37 bits per heavy atom. The fourth-order valence-corrected chi connectivity index (χ4v) is 6.53. The molecule has 0 spiro atoms. The fraction of sp³-hybridized carbons (Fsp3) is 0.419. The van der Waals surface area contributed by atoms with Crippen molar-refractivity contribution < 1.29 is 27.5 Å². The van der Waals surface area contributed by atoms with E-state index in [9.17, 15) is 4.57 Å². The third kappa shape index (κ3) is 6.48. The zero-order chi connectivity index (χ0) is 27.3. The van der Waals surface area contributed by atoms with Gasteiger partial charge in [-0.05, 0) is 85.5 Å². The van der Waals surface area contributed by atoms with Gasteiger partial charge in [0.2, 0.25) is 0 Å². The van der Waals surface area contributed by atoms with Crippen molar-refractivity contribution in [1.82, 2.24) is 0 Å². The van der Waals surface area contributed by atoms with Gasteiger partial charge in [0.15, 0.2) is 17.9 Å². The first-order valence-electron chi connectivity index (χ1n) is 13.4. The van der Waals surface area contributed by atoms with Gasteiger partial charge in [0.1, 0.15) is 12.4 Å². The highest BCUT2D eigenvalue weighted by Gasteiger charge is 2.30. The Bertz CT molecular complexity index is 1280. The molecule has 38 heavy (non-hydrogen) atoms. The first-order valence-corrected chi connectivity index (χ1v) is 15.1. The maximum Gasteiger partial charge on any atom is 0.367 e.